The molecule has 1 aliphatic heterocycles. The molecule has 3 aromatic rings. The molecule has 1 unspecified atom stereocenters. The van der Waals surface area contributed by atoms with Gasteiger partial charge in [0, 0.05) is 12.6 Å². The summed E-state index contributed by atoms with van der Waals surface area (Å²) in [7, 11) is -3.73. The van der Waals surface area contributed by atoms with Crippen LogP contribution in [0.5, 0.6) is 0 Å². The highest BCUT2D eigenvalue weighted by Gasteiger charge is 2.33. The maximum atomic E-state index is 13.3. The molecular formula is C20H21N3O4S. The summed E-state index contributed by atoms with van der Waals surface area (Å²) in [5.41, 5.74) is 0.226. The molecule has 28 heavy (non-hydrogen) atoms. The first-order valence-electron chi connectivity index (χ1n) is 9.27. The lowest BCUT2D eigenvalue weighted by atomic mass is 9.98. The lowest BCUT2D eigenvalue weighted by Crippen LogP contribution is -2.44. The van der Waals surface area contributed by atoms with Crippen LogP contribution >= 0.6 is 0 Å². The second-order valence-corrected chi connectivity index (χ2v) is 8.96. The summed E-state index contributed by atoms with van der Waals surface area (Å²) in [6, 6.07) is 14.2. The van der Waals surface area contributed by atoms with Gasteiger partial charge >= 0.3 is 11.1 Å². The molecule has 7 nitrogen and oxygen atoms in total. The number of sulfonamides is 1. The van der Waals surface area contributed by atoms with Crippen LogP contribution in [0.15, 0.2) is 63.0 Å². The van der Waals surface area contributed by atoms with Crippen LogP contribution in [0.1, 0.15) is 24.8 Å². The van der Waals surface area contributed by atoms with Crippen LogP contribution in [0.2, 0.25) is 0 Å². The molecule has 4 rings (SSSR count). The maximum Gasteiger partial charge on any atom is 0.314 e. The maximum absolute atomic E-state index is 13.3. The van der Waals surface area contributed by atoms with Gasteiger partial charge in [-0.1, -0.05) is 36.8 Å². The van der Waals surface area contributed by atoms with Gasteiger partial charge in [-0.25, -0.2) is 8.42 Å². The lowest BCUT2D eigenvalue weighted by Gasteiger charge is -2.35. The molecule has 2 heterocycles. The molecule has 1 aromatic heterocycles. The van der Waals surface area contributed by atoms with Crippen molar-refractivity contribution in [1.82, 2.24) is 14.3 Å². The Morgan fingerprint density at radius 1 is 0.929 bits per heavy atom. The van der Waals surface area contributed by atoms with E-state index in [0.29, 0.717) is 24.0 Å². The highest BCUT2D eigenvalue weighted by atomic mass is 32.2. The van der Waals surface area contributed by atoms with Crippen molar-refractivity contribution in [2.24, 2.45) is 0 Å². The third-order valence-electron chi connectivity index (χ3n) is 5.19. The number of rotatable bonds is 4. The molecule has 0 spiro atoms. The minimum atomic E-state index is -3.73. The van der Waals surface area contributed by atoms with Gasteiger partial charge < -0.3 is 9.97 Å². The lowest BCUT2D eigenvalue weighted by molar-refractivity contribution is 0.251. The van der Waals surface area contributed by atoms with E-state index in [4.69, 9.17) is 0 Å². The predicted molar refractivity (Wildman–Crippen MR) is 107 cm³/mol. The van der Waals surface area contributed by atoms with Crippen molar-refractivity contribution in [2.75, 3.05) is 6.54 Å². The fourth-order valence-corrected chi connectivity index (χ4v) is 5.49. The highest BCUT2D eigenvalue weighted by Crippen LogP contribution is 2.28. The van der Waals surface area contributed by atoms with Crippen molar-refractivity contribution in [2.45, 2.75) is 36.6 Å². The molecule has 0 bridgehead atoms. The van der Waals surface area contributed by atoms with E-state index < -0.39 is 21.1 Å². The van der Waals surface area contributed by atoms with Crippen LogP contribution in [-0.4, -0.2) is 35.3 Å². The summed E-state index contributed by atoms with van der Waals surface area (Å²) in [5, 5.41) is 0. The van der Waals surface area contributed by atoms with E-state index >= 15 is 0 Å². The molecule has 2 N–H and O–H groups in total. The largest absolute Gasteiger partial charge is 0.316 e. The van der Waals surface area contributed by atoms with E-state index in [1.165, 1.54) is 18.2 Å². The fraction of sp³-hybridized carbons (Fsp3) is 0.300. The number of nitrogens with one attached hydrogen (secondary N) is 2. The quantitative estimate of drug-likeness (QED) is 0.655. The minimum absolute atomic E-state index is 0.105. The molecule has 1 fully saturated rings. The molecule has 0 aliphatic carbocycles. The van der Waals surface area contributed by atoms with Crippen LogP contribution in [0.25, 0.3) is 11.0 Å². The Kier molecular flexibility index (Phi) is 4.91. The van der Waals surface area contributed by atoms with E-state index in [2.05, 4.69) is 9.97 Å². The molecular weight excluding hydrogens is 378 g/mol. The number of nitrogens with zero attached hydrogens (tertiary/aromatic N) is 1. The number of aromatic amines is 2. The summed E-state index contributed by atoms with van der Waals surface area (Å²) < 4.78 is 28.3. The van der Waals surface area contributed by atoms with Crippen LogP contribution in [-0.2, 0) is 16.4 Å². The number of hydrogen-bond acceptors (Lipinski definition) is 4. The molecule has 1 aliphatic rings. The number of hydrogen-bond donors (Lipinski definition) is 2. The van der Waals surface area contributed by atoms with Crippen molar-refractivity contribution in [3.63, 3.8) is 0 Å². The van der Waals surface area contributed by atoms with Gasteiger partial charge in [0.15, 0.2) is 0 Å². The number of fused-ring (bicyclic) bond motifs is 1. The standard InChI is InChI=1S/C20H21N3O4S/c24-19-20(25)22-18-13-16(9-10-17(18)21-19)28(26,27)23-11-5-4-8-15(23)12-14-6-2-1-3-7-14/h1-3,6-7,9-10,13,15H,4-5,8,11-12H2,(H,21,24)(H,22,25). The van der Waals surface area contributed by atoms with E-state index in [9.17, 15) is 18.0 Å². The Morgan fingerprint density at radius 3 is 2.39 bits per heavy atom. The number of piperidine rings is 1. The Bertz CT molecular complexity index is 1220. The fourth-order valence-electron chi connectivity index (χ4n) is 3.77. The average molecular weight is 399 g/mol. The van der Waals surface area contributed by atoms with Crippen molar-refractivity contribution < 1.29 is 8.42 Å². The normalized spacial score (nSPS) is 18.4. The average Bonchev–Trinajstić information content (AvgIpc) is 2.69. The first-order chi connectivity index (χ1) is 13.4. The molecule has 0 saturated carbocycles. The topological polar surface area (TPSA) is 103 Å². The Labute approximate surface area is 162 Å². The van der Waals surface area contributed by atoms with E-state index in [-0.39, 0.29) is 10.9 Å². The van der Waals surface area contributed by atoms with Crippen LogP contribution in [0.3, 0.4) is 0 Å². The number of aromatic nitrogens is 2. The van der Waals surface area contributed by atoms with Crippen LogP contribution < -0.4 is 11.1 Å². The zero-order valence-corrected chi connectivity index (χ0v) is 16.0. The van der Waals surface area contributed by atoms with E-state index in [1.807, 2.05) is 30.3 Å². The van der Waals surface area contributed by atoms with Crippen LogP contribution in [0.4, 0.5) is 0 Å². The van der Waals surface area contributed by atoms with Gasteiger partial charge in [0.2, 0.25) is 10.0 Å². The van der Waals surface area contributed by atoms with Crippen molar-refractivity contribution >= 4 is 21.1 Å². The zero-order valence-electron chi connectivity index (χ0n) is 15.2. The third-order valence-corrected chi connectivity index (χ3v) is 7.14. The van der Waals surface area contributed by atoms with Crippen molar-refractivity contribution in [1.29, 1.82) is 0 Å². The van der Waals surface area contributed by atoms with E-state index in [1.54, 1.807) is 4.31 Å². The van der Waals surface area contributed by atoms with Gasteiger partial charge in [-0.15, -0.1) is 0 Å². The van der Waals surface area contributed by atoms with Gasteiger partial charge in [-0.2, -0.15) is 4.31 Å². The van der Waals surface area contributed by atoms with Crippen LogP contribution in [0, 0.1) is 0 Å². The highest BCUT2D eigenvalue weighted by molar-refractivity contribution is 7.89. The zero-order chi connectivity index (χ0) is 19.7. The molecule has 0 amide bonds. The van der Waals surface area contributed by atoms with Gasteiger partial charge in [0.1, 0.15) is 0 Å². The Hall–Kier alpha value is -2.71. The van der Waals surface area contributed by atoms with E-state index in [0.717, 1.165) is 24.8 Å². The van der Waals surface area contributed by atoms with Gasteiger partial charge in [-0.3, -0.25) is 9.59 Å². The van der Waals surface area contributed by atoms with Crippen molar-refractivity contribution in [3.8, 4) is 0 Å². The SMILES string of the molecule is O=c1[nH]c2ccc(S(=O)(=O)N3CCCCC3Cc3ccccc3)cc2[nH]c1=O. The second kappa shape index (κ2) is 7.37. The molecule has 146 valence electrons. The van der Waals surface area contributed by atoms with Gasteiger partial charge in [0.25, 0.3) is 0 Å². The molecule has 0 radical (unpaired) electrons. The Balaban J connectivity index is 1.71. The first-order valence-corrected chi connectivity index (χ1v) is 10.7. The minimum Gasteiger partial charge on any atom is -0.316 e. The molecule has 1 saturated heterocycles. The molecule has 2 aromatic carbocycles. The Morgan fingerprint density at radius 2 is 1.64 bits per heavy atom. The predicted octanol–water partition coefficient (Wildman–Crippen LogP) is 2.00. The smallest absolute Gasteiger partial charge is 0.314 e. The number of H-pyrrole nitrogens is 2. The van der Waals surface area contributed by atoms with Gasteiger partial charge in [-0.05, 0) is 43.0 Å². The van der Waals surface area contributed by atoms with Crippen molar-refractivity contribution in [3.05, 3.63) is 74.8 Å². The molecule has 1 atom stereocenters. The summed E-state index contributed by atoms with van der Waals surface area (Å²) in [6.45, 7) is 0.472. The summed E-state index contributed by atoms with van der Waals surface area (Å²) in [6.07, 6.45) is 3.29. The van der Waals surface area contributed by atoms with Gasteiger partial charge in [0.05, 0.1) is 15.9 Å². The molecule has 8 heteroatoms. The summed E-state index contributed by atoms with van der Waals surface area (Å²) >= 11 is 0. The summed E-state index contributed by atoms with van der Waals surface area (Å²) in [4.78, 5) is 28.1. The first kappa shape index (κ1) is 18.6. The summed E-state index contributed by atoms with van der Waals surface area (Å²) in [5.74, 6) is 0. The monoisotopic (exact) mass is 399 g/mol. The third kappa shape index (κ3) is 3.53. The number of benzene rings is 2. The second-order valence-electron chi connectivity index (χ2n) is 7.07.